The fraction of sp³-hybridized carbons (Fsp3) is 0.389. The van der Waals surface area contributed by atoms with Crippen molar-refractivity contribution in [1.29, 1.82) is 0 Å². The van der Waals surface area contributed by atoms with E-state index in [0.29, 0.717) is 5.56 Å². The van der Waals surface area contributed by atoms with Gasteiger partial charge in [0, 0.05) is 6.42 Å². The van der Waals surface area contributed by atoms with Gasteiger partial charge in [-0.1, -0.05) is 0 Å². The van der Waals surface area contributed by atoms with Crippen LogP contribution in [-0.4, -0.2) is 76.4 Å². The molecule has 12 nitrogen and oxygen atoms in total. The maximum absolute atomic E-state index is 15.4. The molecular formula is C18H15ClFN5O7S. The van der Waals surface area contributed by atoms with E-state index in [1.54, 1.807) is 16.8 Å². The molecule has 33 heavy (non-hydrogen) atoms. The van der Waals surface area contributed by atoms with Crippen molar-refractivity contribution in [3.05, 3.63) is 34.0 Å². The third-order valence-electron chi connectivity index (χ3n) is 5.80. The molecule has 2 aliphatic rings. The van der Waals surface area contributed by atoms with E-state index in [2.05, 4.69) is 15.0 Å². The molecule has 0 bridgehead atoms. The highest BCUT2D eigenvalue weighted by Crippen LogP contribution is 2.58. The molecule has 0 radical (unpaired) electrons. The summed E-state index contributed by atoms with van der Waals surface area (Å²) < 4.78 is 27.5. The number of fused-ring (bicyclic) bond motifs is 2. The number of anilines is 1. The second-order valence-corrected chi connectivity index (χ2v) is 8.84. The van der Waals surface area contributed by atoms with Gasteiger partial charge in [0.2, 0.25) is 5.28 Å². The lowest BCUT2D eigenvalue weighted by Crippen LogP contribution is -2.53. The third kappa shape index (κ3) is 3.09. The van der Waals surface area contributed by atoms with E-state index in [9.17, 15) is 24.9 Å². The van der Waals surface area contributed by atoms with Crippen LogP contribution < -0.4 is 5.73 Å². The summed E-state index contributed by atoms with van der Waals surface area (Å²) >= 11 is 7.06. The molecule has 2 fully saturated rings. The summed E-state index contributed by atoms with van der Waals surface area (Å²) in [6, 6.07) is 1.55. The second kappa shape index (κ2) is 7.30. The number of halogens is 2. The van der Waals surface area contributed by atoms with Crippen LogP contribution in [0.25, 0.3) is 11.2 Å². The van der Waals surface area contributed by atoms with Crippen molar-refractivity contribution in [3.63, 3.8) is 0 Å². The van der Waals surface area contributed by atoms with Gasteiger partial charge in [-0.2, -0.15) is 21.3 Å². The summed E-state index contributed by atoms with van der Waals surface area (Å²) in [7, 11) is 0. The van der Waals surface area contributed by atoms with Crippen molar-refractivity contribution in [1.82, 2.24) is 19.5 Å². The molecule has 5 rings (SSSR count). The van der Waals surface area contributed by atoms with Crippen molar-refractivity contribution in [3.8, 4) is 0 Å². The Labute approximate surface area is 192 Å². The largest absolute Gasteiger partial charge is 0.479 e. The minimum atomic E-state index is -2.75. The minimum Gasteiger partial charge on any atom is -0.479 e. The van der Waals surface area contributed by atoms with Crippen LogP contribution in [0.1, 0.15) is 11.8 Å². The second-order valence-electron chi connectivity index (χ2n) is 7.72. The molecule has 0 aromatic carbocycles. The lowest BCUT2D eigenvalue weighted by molar-refractivity contribution is -0.194. The van der Waals surface area contributed by atoms with E-state index in [1.165, 1.54) is 17.7 Å². The van der Waals surface area contributed by atoms with Crippen LogP contribution in [0, 0.1) is 0 Å². The first-order valence-electron chi connectivity index (χ1n) is 9.42. The van der Waals surface area contributed by atoms with E-state index >= 15 is 4.39 Å². The third-order valence-corrected chi connectivity index (χ3v) is 6.70. The Hall–Kier alpha value is -2.91. The number of carboxylic acid groups (broad SMARTS) is 2. The predicted molar refractivity (Wildman–Crippen MR) is 109 cm³/mol. The van der Waals surface area contributed by atoms with E-state index in [0.717, 1.165) is 4.57 Å². The molecule has 5 atom stereocenters. The standard InChI is InChI=1S/C18H15ClFN5O7S/c19-16-23-11(21)7-12(24-16)25(5-22-7)13-8(20)18(30)9(31-13)10(18)32-17(14(26)27,15(28)29)3-6-1-2-33-4-6/h1-2,4-5,8-10,13,30H,3H2,(H,26,27)(H,28,29)(H2,21,23,24)/t8-,9-,10?,13-,18+/m1/s1. The number of hydrogen-bond acceptors (Lipinski definition) is 10. The lowest BCUT2D eigenvalue weighted by atomic mass is 9.95. The number of thiophene rings is 1. The van der Waals surface area contributed by atoms with Crippen molar-refractivity contribution in [2.75, 3.05) is 5.73 Å². The van der Waals surface area contributed by atoms with Gasteiger partial charge in [-0.3, -0.25) is 4.57 Å². The Kier molecular flexibility index (Phi) is 4.84. The number of nitrogen functional groups attached to an aromatic ring is 1. The summed E-state index contributed by atoms with van der Waals surface area (Å²) in [4.78, 5) is 35.6. The number of aliphatic hydroxyl groups is 1. The fourth-order valence-corrected chi connectivity index (χ4v) is 4.86. The molecule has 1 aliphatic carbocycles. The van der Waals surface area contributed by atoms with Crippen LogP contribution in [-0.2, 0) is 25.5 Å². The number of imidazole rings is 1. The summed E-state index contributed by atoms with van der Waals surface area (Å²) in [6.45, 7) is 0. The Morgan fingerprint density at radius 2 is 2.12 bits per heavy atom. The highest BCUT2D eigenvalue weighted by molar-refractivity contribution is 7.07. The number of hydrogen-bond donors (Lipinski definition) is 4. The molecule has 3 aromatic heterocycles. The Morgan fingerprint density at radius 3 is 2.70 bits per heavy atom. The molecular weight excluding hydrogens is 485 g/mol. The average molecular weight is 500 g/mol. The number of ether oxygens (including phenoxy) is 2. The van der Waals surface area contributed by atoms with Crippen molar-refractivity contribution >= 4 is 51.9 Å². The first kappa shape index (κ1) is 21.9. The van der Waals surface area contributed by atoms with Crippen molar-refractivity contribution in [2.24, 2.45) is 0 Å². The maximum Gasteiger partial charge on any atom is 0.348 e. The van der Waals surface area contributed by atoms with Crippen LogP contribution in [0.5, 0.6) is 0 Å². The van der Waals surface area contributed by atoms with Gasteiger partial charge in [0.1, 0.15) is 17.7 Å². The van der Waals surface area contributed by atoms with E-state index < -0.39 is 54.2 Å². The van der Waals surface area contributed by atoms with Gasteiger partial charge in [-0.15, -0.1) is 0 Å². The molecule has 5 N–H and O–H groups in total. The topological polar surface area (TPSA) is 183 Å². The van der Waals surface area contributed by atoms with Gasteiger partial charge in [0.15, 0.2) is 29.5 Å². The minimum absolute atomic E-state index is 0.0385. The smallest absolute Gasteiger partial charge is 0.348 e. The fourth-order valence-electron chi connectivity index (χ4n) is 4.02. The van der Waals surface area contributed by atoms with Gasteiger partial charge in [-0.25, -0.2) is 19.0 Å². The van der Waals surface area contributed by atoms with Crippen LogP contribution in [0.2, 0.25) is 5.28 Å². The first-order chi connectivity index (χ1) is 15.6. The molecule has 3 aromatic rings. The predicted octanol–water partition coefficient (Wildman–Crippen LogP) is 0.639. The van der Waals surface area contributed by atoms with Gasteiger partial charge in [0.05, 0.1) is 6.33 Å². The van der Waals surface area contributed by atoms with E-state index in [1.807, 2.05) is 0 Å². The number of aliphatic carboxylic acids is 2. The number of carboxylic acids is 2. The quantitative estimate of drug-likeness (QED) is 0.264. The zero-order chi connectivity index (χ0) is 23.7. The SMILES string of the molecule is Nc1nc(Cl)nc2c1ncn2[C@@H]1O[C@@H]2C(OC(Cc3ccsc3)(C(=O)O)C(=O)O)[C@]2(O)[C@@H]1F. The Morgan fingerprint density at radius 1 is 1.39 bits per heavy atom. The normalized spacial score (nSPS) is 28.7. The molecule has 15 heteroatoms. The zero-order valence-electron chi connectivity index (χ0n) is 16.3. The molecule has 0 amide bonds. The van der Waals surface area contributed by atoms with E-state index in [4.69, 9.17) is 26.8 Å². The summed E-state index contributed by atoms with van der Waals surface area (Å²) in [5.41, 5.74) is 1.31. The molecule has 4 heterocycles. The lowest BCUT2D eigenvalue weighted by Gasteiger charge is -2.28. The first-order valence-corrected chi connectivity index (χ1v) is 10.7. The molecule has 1 unspecified atom stereocenters. The molecule has 1 aliphatic heterocycles. The van der Waals surface area contributed by atoms with Gasteiger partial charge >= 0.3 is 11.9 Å². The van der Waals surface area contributed by atoms with Crippen molar-refractivity contribution in [2.45, 2.75) is 42.2 Å². The number of rotatable bonds is 7. The van der Waals surface area contributed by atoms with Crippen LogP contribution in [0.3, 0.4) is 0 Å². The highest BCUT2D eigenvalue weighted by Gasteiger charge is 2.80. The Balaban J connectivity index is 1.42. The monoisotopic (exact) mass is 499 g/mol. The van der Waals surface area contributed by atoms with Gasteiger partial charge in [0.25, 0.3) is 5.60 Å². The van der Waals surface area contributed by atoms with Gasteiger partial charge < -0.3 is 30.5 Å². The van der Waals surface area contributed by atoms with Crippen LogP contribution >= 0.6 is 22.9 Å². The molecule has 174 valence electrons. The number of aromatic nitrogens is 4. The number of carbonyl (C=O) groups is 2. The van der Waals surface area contributed by atoms with Crippen molar-refractivity contribution < 1.29 is 38.8 Å². The maximum atomic E-state index is 15.4. The average Bonchev–Trinajstić information content (AvgIpc) is 3.21. The van der Waals surface area contributed by atoms with Crippen LogP contribution in [0.4, 0.5) is 10.2 Å². The molecule has 0 spiro atoms. The number of nitrogens with two attached hydrogens (primary N) is 1. The highest BCUT2D eigenvalue weighted by atomic mass is 35.5. The molecule has 1 saturated heterocycles. The zero-order valence-corrected chi connectivity index (χ0v) is 17.9. The summed E-state index contributed by atoms with van der Waals surface area (Å²) in [5, 5.41) is 33.3. The summed E-state index contributed by atoms with van der Waals surface area (Å²) in [6.07, 6.45) is -5.76. The molecule has 1 saturated carbocycles. The number of nitrogens with zero attached hydrogens (tertiary/aromatic N) is 4. The van der Waals surface area contributed by atoms with Crippen LogP contribution in [0.15, 0.2) is 23.2 Å². The summed E-state index contributed by atoms with van der Waals surface area (Å²) in [5.74, 6) is -3.61. The van der Waals surface area contributed by atoms with Gasteiger partial charge in [-0.05, 0) is 34.0 Å². The Bertz CT molecular complexity index is 1260. The van der Waals surface area contributed by atoms with E-state index in [-0.39, 0.29) is 22.3 Å². The number of alkyl halides is 1.